The number of hydrogen-bond acceptors (Lipinski definition) is 6. The fraction of sp³-hybridized carbons (Fsp3) is 0.238. The van der Waals surface area contributed by atoms with Crippen LogP contribution < -0.4 is 10.2 Å². The van der Waals surface area contributed by atoms with Crippen LogP contribution in [0, 0.1) is 5.82 Å². The van der Waals surface area contributed by atoms with E-state index < -0.39 is 5.97 Å². The van der Waals surface area contributed by atoms with Crippen LogP contribution in [0.1, 0.15) is 16.8 Å². The molecule has 1 heterocycles. The maximum Gasteiger partial charge on any atom is 0.345 e. The maximum absolute atomic E-state index is 13.2. The fourth-order valence-corrected chi connectivity index (χ4v) is 2.84. The minimum Gasteiger partial charge on any atom is -0.465 e. The summed E-state index contributed by atoms with van der Waals surface area (Å²) in [5.74, 6) is -0.689. The van der Waals surface area contributed by atoms with Crippen LogP contribution in [0.2, 0.25) is 0 Å². The van der Waals surface area contributed by atoms with Crippen molar-refractivity contribution < 1.29 is 18.4 Å². The number of ether oxygens (including phenoxy) is 1. The van der Waals surface area contributed by atoms with Crippen molar-refractivity contribution in [2.75, 3.05) is 37.5 Å². The molecule has 0 atom stereocenters. The Labute approximate surface area is 162 Å². The molecule has 6 nitrogen and oxygen atoms in total. The molecule has 2 aromatic carbocycles. The lowest BCUT2D eigenvalue weighted by Crippen LogP contribution is -2.21. The van der Waals surface area contributed by atoms with E-state index in [0.717, 1.165) is 18.7 Å². The number of aromatic nitrogens is 1. The third kappa shape index (κ3) is 4.49. The zero-order chi connectivity index (χ0) is 19.9. The van der Waals surface area contributed by atoms with E-state index in [4.69, 9.17) is 9.26 Å². The lowest BCUT2D eigenvalue weighted by atomic mass is 10.1. The summed E-state index contributed by atoms with van der Waals surface area (Å²) in [5.41, 5.74) is 2.22. The third-order valence-electron chi connectivity index (χ3n) is 4.35. The Morgan fingerprint density at radius 2 is 1.89 bits per heavy atom. The number of benzene rings is 2. The van der Waals surface area contributed by atoms with E-state index in [9.17, 15) is 9.18 Å². The standard InChI is InChI=1S/C21H22FN3O3/c1-25(17-7-4-3-5-8-17)14-6-13-23-20-18(21(26)27-2)19(24-28-20)15-9-11-16(22)12-10-15/h3-5,7-12,23H,6,13-14H2,1-2H3. The highest BCUT2D eigenvalue weighted by atomic mass is 19.1. The zero-order valence-electron chi connectivity index (χ0n) is 15.8. The molecule has 0 aliphatic heterocycles. The molecule has 0 fully saturated rings. The second kappa shape index (κ2) is 9.03. The summed E-state index contributed by atoms with van der Waals surface area (Å²) >= 11 is 0. The molecular formula is C21H22FN3O3. The van der Waals surface area contributed by atoms with Gasteiger partial charge in [0.1, 0.15) is 11.5 Å². The fourth-order valence-electron chi connectivity index (χ4n) is 2.84. The average Bonchev–Trinajstić information content (AvgIpc) is 3.15. The van der Waals surface area contributed by atoms with Crippen LogP contribution in [0.5, 0.6) is 0 Å². The van der Waals surface area contributed by atoms with Gasteiger partial charge >= 0.3 is 5.97 Å². The minimum atomic E-state index is -0.565. The molecule has 0 aliphatic carbocycles. The Hall–Kier alpha value is -3.35. The topological polar surface area (TPSA) is 67.6 Å². The molecule has 0 saturated carbocycles. The maximum atomic E-state index is 13.2. The van der Waals surface area contributed by atoms with Gasteiger partial charge in [0, 0.05) is 31.4 Å². The van der Waals surface area contributed by atoms with E-state index >= 15 is 0 Å². The largest absolute Gasteiger partial charge is 0.465 e. The molecule has 0 unspecified atom stereocenters. The Balaban J connectivity index is 1.66. The van der Waals surface area contributed by atoms with Crippen molar-refractivity contribution in [1.29, 1.82) is 0 Å². The summed E-state index contributed by atoms with van der Waals surface area (Å²) in [6.45, 7) is 1.41. The number of anilines is 2. The van der Waals surface area contributed by atoms with Crippen molar-refractivity contribution >= 4 is 17.5 Å². The molecule has 1 aromatic heterocycles. The number of nitrogens with one attached hydrogen (secondary N) is 1. The van der Waals surface area contributed by atoms with Crippen molar-refractivity contribution in [3.05, 3.63) is 66.0 Å². The van der Waals surface area contributed by atoms with Gasteiger partial charge in [0.25, 0.3) is 0 Å². The first-order chi connectivity index (χ1) is 13.6. The van der Waals surface area contributed by atoms with Gasteiger partial charge in [-0.2, -0.15) is 0 Å². The molecule has 3 rings (SSSR count). The summed E-state index contributed by atoms with van der Waals surface area (Å²) in [6.07, 6.45) is 0.818. The van der Waals surface area contributed by atoms with Gasteiger partial charge in [-0.3, -0.25) is 0 Å². The van der Waals surface area contributed by atoms with E-state index in [1.54, 1.807) is 0 Å². The summed E-state index contributed by atoms with van der Waals surface area (Å²) < 4.78 is 23.4. The predicted molar refractivity (Wildman–Crippen MR) is 106 cm³/mol. The highest BCUT2D eigenvalue weighted by Crippen LogP contribution is 2.29. The minimum absolute atomic E-state index is 0.200. The third-order valence-corrected chi connectivity index (χ3v) is 4.35. The second-order valence-corrected chi connectivity index (χ2v) is 6.27. The number of nitrogens with zero attached hydrogens (tertiary/aromatic N) is 2. The molecule has 7 heteroatoms. The van der Waals surface area contributed by atoms with Crippen LogP contribution in [-0.2, 0) is 4.74 Å². The summed E-state index contributed by atoms with van der Waals surface area (Å²) in [4.78, 5) is 14.4. The predicted octanol–water partition coefficient (Wildman–Crippen LogP) is 4.21. The first-order valence-corrected chi connectivity index (χ1v) is 8.94. The van der Waals surface area contributed by atoms with Crippen LogP contribution >= 0.6 is 0 Å². The van der Waals surface area contributed by atoms with Gasteiger partial charge in [-0.15, -0.1) is 0 Å². The Morgan fingerprint density at radius 1 is 1.18 bits per heavy atom. The van der Waals surface area contributed by atoms with Gasteiger partial charge in [-0.05, 0) is 42.8 Å². The molecule has 28 heavy (non-hydrogen) atoms. The van der Waals surface area contributed by atoms with Crippen LogP contribution in [0.3, 0.4) is 0 Å². The Morgan fingerprint density at radius 3 is 2.57 bits per heavy atom. The van der Waals surface area contributed by atoms with Crippen LogP contribution in [0.25, 0.3) is 11.3 Å². The van der Waals surface area contributed by atoms with E-state index in [-0.39, 0.29) is 17.3 Å². The number of esters is 1. The van der Waals surface area contributed by atoms with Gasteiger partial charge < -0.3 is 19.5 Å². The van der Waals surface area contributed by atoms with Crippen molar-refractivity contribution in [2.24, 2.45) is 0 Å². The van der Waals surface area contributed by atoms with Gasteiger partial charge in [0.2, 0.25) is 5.88 Å². The molecule has 0 aliphatic rings. The van der Waals surface area contributed by atoms with Crippen LogP contribution in [0.4, 0.5) is 16.0 Å². The molecule has 146 valence electrons. The average molecular weight is 383 g/mol. The summed E-state index contributed by atoms with van der Waals surface area (Å²) in [6, 6.07) is 15.8. The molecule has 0 bridgehead atoms. The van der Waals surface area contributed by atoms with Crippen LogP contribution in [0.15, 0.2) is 59.1 Å². The van der Waals surface area contributed by atoms with Gasteiger partial charge in [0.15, 0.2) is 5.56 Å². The first-order valence-electron chi connectivity index (χ1n) is 8.94. The smallest absolute Gasteiger partial charge is 0.345 e. The number of carbonyl (C=O) groups excluding carboxylic acids is 1. The van der Waals surface area contributed by atoms with Gasteiger partial charge in [-0.1, -0.05) is 23.4 Å². The van der Waals surface area contributed by atoms with Gasteiger partial charge in [0.05, 0.1) is 7.11 Å². The number of rotatable bonds is 8. The number of para-hydroxylation sites is 1. The lowest BCUT2D eigenvalue weighted by Gasteiger charge is -2.19. The number of halogens is 1. The highest BCUT2D eigenvalue weighted by molar-refractivity contribution is 6.00. The van der Waals surface area contributed by atoms with E-state index in [1.165, 1.54) is 31.4 Å². The van der Waals surface area contributed by atoms with E-state index in [1.807, 2.05) is 37.4 Å². The molecule has 3 aromatic rings. The Kier molecular flexibility index (Phi) is 6.26. The Bertz CT molecular complexity index is 910. The summed E-state index contributed by atoms with van der Waals surface area (Å²) in [5, 5.41) is 7.08. The molecule has 0 saturated heterocycles. The van der Waals surface area contributed by atoms with Crippen molar-refractivity contribution in [3.63, 3.8) is 0 Å². The SMILES string of the molecule is COC(=O)c1c(-c2ccc(F)cc2)noc1NCCCN(C)c1ccccc1. The summed E-state index contributed by atoms with van der Waals surface area (Å²) in [7, 11) is 3.32. The molecule has 0 spiro atoms. The normalized spacial score (nSPS) is 10.5. The van der Waals surface area contributed by atoms with E-state index in [2.05, 4.69) is 15.4 Å². The highest BCUT2D eigenvalue weighted by Gasteiger charge is 2.24. The zero-order valence-corrected chi connectivity index (χ0v) is 15.8. The molecular weight excluding hydrogens is 361 g/mol. The monoisotopic (exact) mass is 383 g/mol. The number of hydrogen-bond donors (Lipinski definition) is 1. The molecule has 1 N–H and O–H groups in total. The van der Waals surface area contributed by atoms with E-state index in [0.29, 0.717) is 17.8 Å². The van der Waals surface area contributed by atoms with Crippen molar-refractivity contribution in [1.82, 2.24) is 5.16 Å². The number of carbonyl (C=O) groups is 1. The first kappa shape index (κ1) is 19.4. The van der Waals surface area contributed by atoms with Crippen LogP contribution in [-0.4, -0.2) is 38.4 Å². The van der Waals surface area contributed by atoms with Gasteiger partial charge in [-0.25, -0.2) is 9.18 Å². The second-order valence-electron chi connectivity index (χ2n) is 6.27. The van der Waals surface area contributed by atoms with Crippen molar-refractivity contribution in [2.45, 2.75) is 6.42 Å². The molecule has 0 amide bonds. The molecule has 0 radical (unpaired) electrons. The quantitative estimate of drug-likeness (QED) is 0.464. The van der Waals surface area contributed by atoms with Crippen molar-refractivity contribution in [3.8, 4) is 11.3 Å². The number of methoxy groups -OCH3 is 1. The lowest BCUT2D eigenvalue weighted by molar-refractivity contribution is 0.0602.